The van der Waals surface area contributed by atoms with Crippen LogP contribution in [0.2, 0.25) is 0 Å². The number of likely N-dealkylation sites (tertiary alicyclic amines) is 1. The van der Waals surface area contributed by atoms with E-state index in [2.05, 4.69) is 4.98 Å². The number of hydrogen-bond acceptors (Lipinski definition) is 6. The van der Waals surface area contributed by atoms with Crippen molar-refractivity contribution in [2.75, 3.05) is 27.2 Å². The number of carbonyl (C=O) groups is 2. The van der Waals surface area contributed by atoms with E-state index in [0.29, 0.717) is 23.4 Å². The molecule has 33 heavy (non-hydrogen) atoms. The summed E-state index contributed by atoms with van der Waals surface area (Å²) < 4.78 is 1.58. The lowest BCUT2D eigenvalue weighted by molar-refractivity contribution is -0.857. The van der Waals surface area contributed by atoms with Crippen molar-refractivity contribution in [1.29, 1.82) is 0 Å². The number of aryl methyl sites for hydroxylation is 1. The molecule has 1 aromatic carbocycles. The van der Waals surface area contributed by atoms with Crippen molar-refractivity contribution in [3.63, 3.8) is 0 Å². The smallest absolute Gasteiger partial charge is 0.295 e. The van der Waals surface area contributed by atoms with E-state index in [-0.39, 0.29) is 23.5 Å². The third-order valence-corrected chi connectivity index (χ3v) is 5.70. The van der Waals surface area contributed by atoms with Gasteiger partial charge in [0, 0.05) is 23.9 Å². The number of aromatic nitrogens is 2. The number of Topliss-reactive ketones (excluding diaryl/α,β-unsaturated/α-hetero) is 1. The van der Waals surface area contributed by atoms with E-state index < -0.39 is 28.4 Å². The Labute approximate surface area is 189 Å². The predicted molar refractivity (Wildman–Crippen MR) is 117 cm³/mol. The summed E-state index contributed by atoms with van der Waals surface area (Å²) in [7, 11) is 3.81. The van der Waals surface area contributed by atoms with Crippen molar-refractivity contribution < 1.29 is 24.5 Å². The van der Waals surface area contributed by atoms with Gasteiger partial charge in [-0.3, -0.25) is 19.7 Å². The molecular formula is C23H23N5O5. The molecule has 1 amide bonds. The number of pyridine rings is 1. The normalized spacial score (nSPS) is 17.9. The van der Waals surface area contributed by atoms with Crippen LogP contribution in [0.3, 0.4) is 0 Å². The van der Waals surface area contributed by atoms with Gasteiger partial charge in [-0.25, -0.2) is 4.98 Å². The Morgan fingerprint density at radius 1 is 1.18 bits per heavy atom. The summed E-state index contributed by atoms with van der Waals surface area (Å²) in [5.74, 6) is -2.29. The van der Waals surface area contributed by atoms with Gasteiger partial charge in [-0.15, -0.1) is 0 Å². The Morgan fingerprint density at radius 2 is 1.94 bits per heavy atom. The van der Waals surface area contributed by atoms with Crippen LogP contribution in [0.5, 0.6) is 0 Å². The van der Waals surface area contributed by atoms with Gasteiger partial charge in [-0.05, 0) is 24.6 Å². The predicted octanol–water partition coefficient (Wildman–Crippen LogP) is -0.0806. The summed E-state index contributed by atoms with van der Waals surface area (Å²) in [4.78, 5) is 43.7. The van der Waals surface area contributed by atoms with Crippen LogP contribution in [-0.4, -0.2) is 58.1 Å². The third-order valence-electron chi connectivity index (χ3n) is 5.70. The molecule has 4 rings (SSSR count). The highest BCUT2D eigenvalue weighted by Crippen LogP contribution is 2.39. The Morgan fingerprint density at radius 3 is 2.64 bits per heavy atom. The fourth-order valence-corrected chi connectivity index (χ4v) is 4.11. The molecule has 1 fully saturated rings. The zero-order valence-electron chi connectivity index (χ0n) is 18.4. The number of amides is 1. The molecule has 1 aliphatic rings. The summed E-state index contributed by atoms with van der Waals surface area (Å²) in [6.07, 6.45) is 1.67. The number of non-ortho nitro benzene ring substituents is 1. The molecule has 0 saturated carbocycles. The molecule has 10 nitrogen and oxygen atoms in total. The van der Waals surface area contributed by atoms with Gasteiger partial charge in [-0.1, -0.05) is 24.0 Å². The molecule has 1 unspecified atom stereocenters. The first kappa shape index (κ1) is 22.2. The van der Waals surface area contributed by atoms with Crippen LogP contribution in [0.1, 0.15) is 23.0 Å². The highest BCUT2D eigenvalue weighted by atomic mass is 16.6. The average Bonchev–Trinajstić information content (AvgIpc) is 3.25. The third kappa shape index (κ3) is 3.85. The van der Waals surface area contributed by atoms with Crippen LogP contribution in [0.25, 0.3) is 11.4 Å². The van der Waals surface area contributed by atoms with Crippen LogP contribution in [0.15, 0.2) is 54.2 Å². The number of benzene rings is 1. The van der Waals surface area contributed by atoms with E-state index in [1.165, 1.54) is 23.1 Å². The number of nitro benzene ring substituents is 1. The van der Waals surface area contributed by atoms with Gasteiger partial charge in [0.2, 0.25) is 5.78 Å². The summed E-state index contributed by atoms with van der Waals surface area (Å²) >= 11 is 0. The number of nitrogens with one attached hydrogen (secondary N) is 1. The SMILES string of the molecule is Cc1nc2ccccn2c1/C([O-])=C1\C(=O)C(=O)N(CC[NH+](C)C)C1c1cccc([N+](=O)[O-])c1. The lowest BCUT2D eigenvalue weighted by atomic mass is 9.96. The first-order valence-electron chi connectivity index (χ1n) is 10.4. The van der Waals surface area contributed by atoms with E-state index in [1.54, 1.807) is 41.8 Å². The van der Waals surface area contributed by atoms with Gasteiger partial charge in [0.1, 0.15) is 5.65 Å². The molecule has 170 valence electrons. The number of nitrogens with zero attached hydrogens (tertiary/aromatic N) is 4. The van der Waals surface area contributed by atoms with Crippen molar-refractivity contribution in [1.82, 2.24) is 14.3 Å². The van der Waals surface area contributed by atoms with Gasteiger partial charge >= 0.3 is 0 Å². The zero-order valence-corrected chi connectivity index (χ0v) is 18.4. The molecule has 10 heteroatoms. The topological polar surface area (TPSA) is 125 Å². The first-order chi connectivity index (χ1) is 15.7. The van der Waals surface area contributed by atoms with Crippen molar-refractivity contribution in [3.8, 4) is 0 Å². The van der Waals surface area contributed by atoms with Gasteiger partial charge in [0.05, 0.1) is 49.5 Å². The number of nitro groups is 1. The monoisotopic (exact) mass is 449 g/mol. The zero-order chi connectivity index (χ0) is 23.9. The van der Waals surface area contributed by atoms with Crippen molar-refractivity contribution in [2.24, 2.45) is 0 Å². The number of hydrogen-bond donors (Lipinski definition) is 1. The Kier molecular flexibility index (Phi) is 5.69. The molecule has 0 bridgehead atoms. The highest BCUT2D eigenvalue weighted by molar-refractivity contribution is 6.46. The minimum absolute atomic E-state index is 0.185. The fourth-order valence-electron chi connectivity index (χ4n) is 4.11. The molecule has 1 saturated heterocycles. The number of fused-ring (bicyclic) bond motifs is 1. The molecular weight excluding hydrogens is 426 g/mol. The van der Waals surface area contributed by atoms with Crippen LogP contribution >= 0.6 is 0 Å². The minimum Gasteiger partial charge on any atom is -0.871 e. The van der Waals surface area contributed by atoms with Gasteiger partial charge in [0.15, 0.2) is 0 Å². The second kappa shape index (κ2) is 8.47. The Balaban J connectivity index is 1.95. The number of ketones is 1. The Hall–Kier alpha value is -4.05. The maximum atomic E-state index is 13.7. The molecule has 1 N–H and O–H groups in total. The highest BCUT2D eigenvalue weighted by Gasteiger charge is 2.45. The Bertz CT molecular complexity index is 1310. The molecule has 2 aromatic heterocycles. The molecule has 1 aliphatic heterocycles. The molecule has 0 aliphatic carbocycles. The van der Waals surface area contributed by atoms with E-state index in [4.69, 9.17) is 0 Å². The van der Waals surface area contributed by atoms with Crippen molar-refractivity contribution in [2.45, 2.75) is 13.0 Å². The number of likely N-dealkylation sites (N-methyl/N-ethyl adjacent to an activating group) is 1. The minimum atomic E-state index is -1.02. The maximum Gasteiger partial charge on any atom is 0.295 e. The molecule has 1 atom stereocenters. The number of rotatable bonds is 6. The summed E-state index contributed by atoms with van der Waals surface area (Å²) in [5, 5.41) is 25.1. The van der Waals surface area contributed by atoms with Crippen LogP contribution in [-0.2, 0) is 9.59 Å². The van der Waals surface area contributed by atoms with E-state index in [1.807, 2.05) is 14.1 Å². The second-order valence-corrected chi connectivity index (χ2v) is 8.26. The summed E-state index contributed by atoms with van der Waals surface area (Å²) in [5.41, 5.74) is 1.09. The van der Waals surface area contributed by atoms with Crippen LogP contribution < -0.4 is 10.0 Å². The van der Waals surface area contributed by atoms with E-state index in [9.17, 15) is 24.8 Å². The fraction of sp³-hybridized carbons (Fsp3) is 0.261. The van der Waals surface area contributed by atoms with Crippen molar-refractivity contribution in [3.05, 3.63) is 81.3 Å². The van der Waals surface area contributed by atoms with Gasteiger partial charge in [-0.2, -0.15) is 0 Å². The standard InChI is InChI=1S/C23H23N5O5/c1-14-19(26-10-5-4-9-17(26)24-14)21(29)18-20(15-7-6-8-16(13-15)28(32)33)27(12-11-25(2)3)23(31)22(18)30/h4-10,13,20,29H,11-12H2,1-3H3/b21-18+. The molecule has 0 spiro atoms. The lowest BCUT2D eigenvalue weighted by Crippen LogP contribution is -3.06. The second-order valence-electron chi connectivity index (χ2n) is 8.26. The molecule has 0 radical (unpaired) electrons. The van der Waals surface area contributed by atoms with Gasteiger partial charge in [0.25, 0.3) is 11.6 Å². The quantitative estimate of drug-likeness (QED) is 0.184. The number of carbonyl (C=O) groups excluding carboxylic acids is 2. The lowest BCUT2D eigenvalue weighted by Gasteiger charge is -2.27. The maximum absolute atomic E-state index is 13.7. The summed E-state index contributed by atoms with van der Waals surface area (Å²) in [6.45, 7) is 2.40. The first-order valence-corrected chi connectivity index (χ1v) is 10.4. The summed E-state index contributed by atoms with van der Waals surface area (Å²) in [6, 6.07) is 9.94. The van der Waals surface area contributed by atoms with Gasteiger partial charge < -0.3 is 19.3 Å². The van der Waals surface area contributed by atoms with Crippen LogP contribution in [0, 0.1) is 17.0 Å². The molecule has 3 heterocycles. The number of imidazole rings is 1. The largest absolute Gasteiger partial charge is 0.871 e. The number of quaternary nitrogens is 1. The van der Waals surface area contributed by atoms with Crippen LogP contribution in [0.4, 0.5) is 5.69 Å². The van der Waals surface area contributed by atoms with E-state index in [0.717, 1.165) is 4.90 Å². The van der Waals surface area contributed by atoms with E-state index >= 15 is 0 Å². The van der Waals surface area contributed by atoms with Crippen molar-refractivity contribution >= 4 is 28.8 Å². The average molecular weight is 449 g/mol. The molecule has 3 aromatic rings.